The molecule has 2 saturated carbocycles. The molecule has 0 radical (unpaired) electrons. The van der Waals surface area contributed by atoms with E-state index in [9.17, 15) is 5.26 Å². The van der Waals surface area contributed by atoms with Crippen molar-refractivity contribution in [3.05, 3.63) is 53.1 Å². The van der Waals surface area contributed by atoms with Gasteiger partial charge in [-0.1, -0.05) is 36.4 Å². The van der Waals surface area contributed by atoms with Gasteiger partial charge in [0.05, 0.1) is 11.6 Å². The first kappa shape index (κ1) is 10.0. The molecule has 2 bridgehead atoms. The normalized spacial score (nSPS) is 43.1. The highest BCUT2D eigenvalue weighted by atomic mass is 14.6. The monoisotopic (exact) mass is 245 g/mol. The predicted octanol–water partition coefficient (Wildman–Crippen LogP) is 3.74. The molecule has 0 amide bonds. The van der Waals surface area contributed by atoms with Gasteiger partial charge >= 0.3 is 0 Å². The van der Waals surface area contributed by atoms with Gasteiger partial charge in [-0.05, 0) is 59.1 Å². The molecule has 4 aliphatic rings. The Hall–Kier alpha value is -1.81. The van der Waals surface area contributed by atoms with E-state index in [4.69, 9.17) is 0 Å². The smallest absolute Gasteiger partial charge is 0.0994 e. The minimum atomic E-state index is 0.612. The Balaban J connectivity index is 1.69. The van der Waals surface area contributed by atoms with Crippen LogP contribution in [0.2, 0.25) is 0 Å². The molecule has 1 heteroatoms. The second-order valence-corrected chi connectivity index (χ2v) is 6.49. The molecule has 0 aliphatic heterocycles. The van der Waals surface area contributed by atoms with Gasteiger partial charge in [0.25, 0.3) is 0 Å². The van der Waals surface area contributed by atoms with Gasteiger partial charge in [-0.15, -0.1) is 0 Å². The maximum absolute atomic E-state index is 9.41. The second kappa shape index (κ2) is 3.20. The third kappa shape index (κ3) is 1.03. The fourth-order valence-corrected chi connectivity index (χ4v) is 5.34. The Bertz CT molecular complexity index is 675. The van der Waals surface area contributed by atoms with Crippen LogP contribution in [0.4, 0.5) is 0 Å². The molecule has 0 heterocycles. The van der Waals surface area contributed by atoms with Crippen LogP contribution in [0.25, 0.3) is 6.08 Å². The molecule has 2 fully saturated rings. The van der Waals surface area contributed by atoms with E-state index in [1.807, 2.05) is 12.1 Å². The molecule has 1 nitrogen and oxygen atoms in total. The van der Waals surface area contributed by atoms with Crippen LogP contribution in [-0.4, -0.2) is 0 Å². The predicted molar refractivity (Wildman–Crippen MR) is 74.1 cm³/mol. The summed E-state index contributed by atoms with van der Waals surface area (Å²) in [7, 11) is 0. The lowest BCUT2D eigenvalue weighted by molar-refractivity contribution is 0.0550. The molecule has 0 aromatic heterocycles. The Morgan fingerprint density at radius 2 is 1.89 bits per heavy atom. The lowest BCUT2D eigenvalue weighted by Gasteiger charge is -2.54. The molecule has 0 spiro atoms. The summed E-state index contributed by atoms with van der Waals surface area (Å²) < 4.78 is 0. The van der Waals surface area contributed by atoms with Gasteiger partial charge in [0.2, 0.25) is 0 Å². The fourth-order valence-electron chi connectivity index (χ4n) is 5.34. The highest BCUT2D eigenvalue weighted by Crippen LogP contribution is 2.69. The van der Waals surface area contributed by atoms with E-state index in [0.717, 1.165) is 29.2 Å². The van der Waals surface area contributed by atoms with Gasteiger partial charge < -0.3 is 0 Å². The number of rotatable bonds is 0. The fraction of sp³-hybridized carbons (Fsp3) is 0.389. The summed E-state index contributed by atoms with van der Waals surface area (Å²) in [6.07, 6.45) is 10.9. The van der Waals surface area contributed by atoms with Crippen molar-refractivity contribution < 1.29 is 0 Å². The van der Waals surface area contributed by atoms with Crippen molar-refractivity contribution in [2.24, 2.45) is 29.6 Å². The van der Waals surface area contributed by atoms with Crippen LogP contribution >= 0.6 is 0 Å². The third-order valence-corrected chi connectivity index (χ3v) is 5.95. The summed E-state index contributed by atoms with van der Waals surface area (Å²) in [4.78, 5) is 0. The van der Waals surface area contributed by atoms with Crippen LogP contribution in [0, 0.1) is 40.9 Å². The second-order valence-electron chi connectivity index (χ2n) is 6.49. The molecule has 19 heavy (non-hydrogen) atoms. The zero-order chi connectivity index (χ0) is 12.6. The van der Waals surface area contributed by atoms with E-state index in [0.29, 0.717) is 11.8 Å². The van der Waals surface area contributed by atoms with Gasteiger partial charge in [-0.2, -0.15) is 5.26 Å². The molecule has 1 aromatic rings. The van der Waals surface area contributed by atoms with Crippen LogP contribution in [0.5, 0.6) is 0 Å². The van der Waals surface area contributed by atoms with E-state index >= 15 is 0 Å². The average molecular weight is 245 g/mol. The van der Waals surface area contributed by atoms with Crippen LogP contribution in [0.1, 0.15) is 29.0 Å². The standard InChI is InChI=1S/C18H15N/c19-9-13-3-1-2-10-6-7-14-16-11-4-5-12(8-11)17(16)18(14)15(10)13/h1-7,11-12,14,16-18H,8H2/t11-,12+,14+,16-,17-,18-/m0/s1. The Labute approximate surface area is 113 Å². The van der Waals surface area contributed by atoms with Gasteiger partial charge in [0, 0.05) is 0 Å². The largest absolute Gasteiger partial charge is 0.192 e. The quantitative estimate of drug-likeness (QED) is 0.639. The molecule has 4 aliphatic carbocycles. The first-order valence-electron chi connectivity index (χ1n) is 7.28. The number of fused-ring (bicyclic) bond motifs is 10. The van der Waals surface area contributed by atoms with Crippen molar-refractivity contribution in [1.82, 2.24) is 0 Å². The lowest BCUT2D eigenvalue weighted by atomic mass is 9.49. The summed E-state index contributed by atoms with van der Waals surface area (Å²) in [6.45, 7) is 0. The highest BCUT2D eigenvalue weighted by Gasteiger charge is 2.61. The van der Waals surface area contributed by atoms with Crippen LogP contribution < -0.4 is 0 Å². The van der Waals surface area contributed by atoms with Crippen molar-refractivity contribution >= 4 is 6.08 Å². The molecule has 5 rings (SSSR count). The van der Waals surface area contributed by atoms with E-state index in [-0.39, 0.29) is 0 Å². The lowest BCUT2D eigenvalue weighted by Crippen LogP contribution is -2.47. The maximum atomic E-state index is 9.41. The van der Waals surface area contributed by atoms with Crippen LogP contribution in [0.3, 0.4) is 0 Å². The van der Waals surface area contributed by atoms with Crippen molar-refractivity contribution in [1.29, 1.82) is 5.26 Å². The van der Waals surface area contributed by atoms with Crippen LogP contribution in [0.15, 0.2) is 36.4 Å². The number of benzene rings is 1. The number of hydrogen-bond acceptors (Lipinski definition) is 1. The molecule has 0 unspecified atom stereocenters. The van der Waals surface area contributed by atoms with Crippen LogP contribution in [-0.2, 0) is 0 Å². The number of hydrogen-bond donors (Lipinski definition) is 0. The van der Waals surface area contributed by atoms with Gasteiger partial charge in [0.1, 0.15) is 0 Å². The number of nitriles is 1. The van der Waals surface area contributed by atoms with Crippen molar-refractivity contribution in [2.75, 3.05) is 0 Å². The Morgan fingerprint density at radius 3 is 2.74 bits per heavy atom. The first-order chi connectivity index (χ1) is 9.38. The zero-order valence-electron chi connectivity index (χ0n) is 10.7. The topological polar surface area (TPSA) is 23.8 Å². The highest BCUT2D eigenvalue weighted by molar-refractivity contribution is 5.65. The summed E-state index contributed by atoms with van der Waals surface area (Å²) >= 11 is 0. The van der Waals surface area contributed by atoms with E-state index in [1.54, 1.807) is 0 Å². The molecular formula is C18H15N. The summed E-state index contributed by atoms with van der Waals surface area (Å²) in [5.74, 6) is 4.56. The molecular weight excluding hydrogens is 230 g/mol. The maximum Gasteiger partial charge on any atom is 0.0994 e. The molecule has 0 saturated heterocycles. The van der Waals surface area contributed by atoms with Gasteiger partial charge in [0.15, 0.2) is 0 Å². The third-order valence-electron chi connectivity index (χ3n) is 5.95. The summed E-state index contributed by atoms with van der Waals surface area (Å²) in [6, 6.07) is 8.58. The van der Waals surface area contributed by atoms with Gasteiger partial charge in [-0.3, -0.25) is 0 Å². The van der Waals surface area contributed by atoms with Gasteiger partial charge in [-0.25, -0.2) is 0 Å². The molecule has 0 N–H and O–H groups in total. The Kier molecular flexibility index (Phi) is 1.69. The average Bonchev–Trinajstić information content (AvgIpc) is 2.98. The minimum Gasteiger partial charge on any atom is -0.192 e. The van der Waals surface area contributed by atoms with Crippen molar-refractivity contribution in [2.45, 2.75) is 12.3 Å². The molecule has 92 valence electrons. The van der Waals surface area contributed by atoms with E-state index in [1.165, 1.54) is 17.5 Å². The van der Waals surface area contributed by atoms with Crippen molar-refractivity contribution in [3.8, 4) is 6.07 Å². The first-order valence-corrected chi connectivity index (χ1v) is 7.28. The SMILES string of the molecule is N#Cc1cccc2c1[C@@H]1[C@H](C=C2)[C@H]2[C@@H]1[C@@H]1C=C[C@H]2C1. The van der Waals surface area contributed by atoms with E-state index < -0.39 is 0 Å². The Morgan fingerprint density at radius 1 is 1.05 bits per heavy atom. The minimum absolute atomic E-state index is 0.612. The van der Waals surface area contributed by atoms with E-state index in [2.05, 4.69) is 36.4 Å². The number of nitrogens with zero attached hydrogens (tertiary/aromatic N) is 1. The molecule has 6 atom stereocenters. The molecule has 1 aromatic carbocycles. The number of allylic oxidation sites excluding steroid dienone is 3. The summed E-state index contributed by atoms with van der Waals surface area (Å²) in [5, 5.41) is 9.41. The summed E-state index contributed by atoms with van der Waals surface area (Å²) in [5.41, 5.74) is 3.53. The zero-order valence-corrected chi connectivity index (χ0v) is 10.7. The van der Waals surface area contributed by atoms with Crippen molar-refractivity contribution in [3.63, 3.8) is 0 Å².